The largest absolute Gasteiger partial charge is 0.261 e. The average molecular weight is 236 g/mol. The zero-order valence-electron chi connectivity index (χ0n) is 9.86. The molecule has 0 aromatic carbocycles. The van der Waals surface area contributed by atoms with Crippen LogP contribution in [-0.4, -0.2) is 19.7 Å². The van der Waals surface area contributed by atoms with E-state index in [1.54, 1.807) is 6.20 Å². The molecule has 0 fully saturated rings. The lowest BCUT2D eigenvalue weighted by Gasteiger charge is -2.13. The number of fused-ring (bicyclic) bond motifs is 1. The third-order valence-corrected chi connectivity index (χ3v) is 3.95. The van der Waals surface area contributed by atoms with Gasteiger partial charge in [0.25, 0.3) is 0 Å². The topological polar surface area (TPSA) is 42.3 Å². The first-order valence-corrected chi connectivity index (χ1v) is 6.53. The van der Waals surface area contributed by atoms with E-state index in [1.807, 2.05) is 32.9 Å². The lowest BCUT2D eigenvalue weighted by Crippen LogP contribution is -2.20. The highest BCUT2D eigenvalue weighted by atomic mass is 32.2. The summed E-state index contributed by atoms with van der Waals surface area (Å²) in [5.74, 6) is 0. The average Bonchev–Trinajstić information content (AvgIpc) is 2.61. The lowest BCUT2D eigenvalue weighted by atomic mass is 10.2. The van der Waals surface area contributed by atoms with Gasteiger partial charge in [-0.15, -0.1) is 0 Å². The zero-order valence-corrected chi connectivity index (χ0v) is 10.7. The Hall–Kier alpha value is -1.03. The van der Waals surface area contributed by atoms with E-state index < -0.39 is 11.0 Å². The molecule has 0 radical (unpaired) electrons. The van der Waals surface area contributed by atoms with Gasteiger partial charge < -0.3 is 0 Å². The van der Waals surface area contributed by atoms with Crippen molar-refractivity contribution in [3.8, 4) is 0 Å². The predicted molar refractivity (Wildman–Crippen MR) is 67.0 cm³/mol. The maximum absolute atomic E-state index is 11.9. The van der Waals surface area contributed by atoms with Gasteiger partial charge >= 0.3 is 0 Å². The van der Waals surface area contributed by atoms with Gasteiger partial charge in [0.2, 0.25) is 0 Å². The fourth-order valence-corrected chi connectivity index (χ4v) is 2.27. The molecule has 1 aliphatic carbocycles. The van der Waals surface area contributed by atoms with Gasteiger partial charge in [0, 0.05) is 17.5 Å². The molecule has 4 heteroatoms. The summed E-state index contributed by atoms with van der Waals surface area (Å²) in [5, 5.41) is 0. The van der Waals surface area contributed by atoms with E-state index in [-0.39, 0.29) is 4.75 Å². The number of hydrogen-bond acceptors (Lipinski definition) is 2. The Bertz CT molecular complexity index is 460. The molecule has 0 amide bonds. The SMILES string of the molecule is CC(C)(C)S(=O)/N=C1\CCc2ncccc21. The van der Waals surface area contributed by atoms with Crippen molar-refractivity contribution in [1.82, 2.24) is 4.98 Å². The van der Waals surface area contributed by atoms with Gasteiger partial charge in [-0.1, -0.05) is 0 Å². The minimum Gasteiger partial charge on any atom is -0.261 e. The van der Waals surface area contributed by atoms with E-state index in [4.69, 9.17) is 0 Å². The summed E-state index contributed by atoms with van der Waals surface area (Å²) >= 11 is 0. The fourth-order valence-electron chi connectivity index (χ4n) is 1.60. The molecule has 0 saturated carbocycles. The van der Waals surface area contributed by atoms with Gasteiger partial charge in [0.1, 0.15) is 11.0 Å². The van der Waals surface area contributed by atoms with E-state index in [1.165, 1.54) is 0 Å². The molecule has 1 unspecified atom stereocenters. The number of nitrogens with zero attached hydrogens (tertiary/aromatic N) is 2. The Morgan fingerprint density at radius 3 is 2.81 bits per heavy atom. The minimum absolute atomic E-state index is 0.294. The molecular formula is C12H16N2OS. The van der Waals surface area contributed by atoms with Gasteiger partial charge in [-0.05, 0) is 45.7 Å². The Morgan fingerprint density at radius 2 is 2.12 bits per heavy atom. The molecule has 0 saturated heterocycles. The highest BCUT2D eigenvalue weighted by Gasteiger charge is 2.23. The number of aryl methyl sites for hydroxylation is 1. The highest BCUT2D eigenvalue weighted by Crippen LogP contribution is 2.22. The van der Waals surface area contributed by atoms with Crippen molar-refractivity contribution in [2.75, 3.05) is 0 Å². The van der Waals surface area contributed by atoms with Crippen LogP contribution in [0.4, 0.5) is 0 Å². The van der Waals surface area contributed by atoms with Gasteiger partial charge in [-0.3, -0.25) is 4.98 Å². The Balaban J connectivity index is 2.32. The van der Waals surface area contributed by atoms with Crippen molar-refractivity contribution in [3.05, 3.63) is 29.6 Å². The Kier molecular flexibility index (Phi) is 2.93. The minimum atomic E-state index is -1.17. The Morgan fingerprint density at radius 1 is 1.38 bits per heavy atom. The van der Waals surface area contributed by atoms with Crippen LogP contribution in [0.1, 0.15) is 38.4 Å². The molecule has 1 heterocycles. The van der Waals surface area contributed by atoms with Crippen LogP contribution in [0.15, 0.2) is 22.7 Å². The monoisotopic (exact) mass is 236 g/mol. The van der Waals surface area contributed by atoms with E-state index in [0.717, 1.165) is 29.8 Å². The summed E-state index contributed by atoms with van der Waals surface area (Å²) in [4.78, 5) is 4.30. The smallest absolute Gasteiger partial charge is 0.145 e. The second-order valence-corrected chi connectivity index (χ2v) is 6.80. The van der Waals surface area contributed by atoms with Gasteiger partial charge in [-0.2, -0.15) is 4.40 Å². The normalized spacial score (nSPS) is 19.8. The van der Waals surface area contributed by atoms with Crippen molar-refractivity contribution in [2.24, 2.45) is 4.40 Å². The summed E-state index contributed by atoms with van der Waals surface area (Å²) in [7, 11) is -1.17. The summed E-state index contributed by atoms with van der Waals surface area (Å²) in [6, 6.07) is 3.91. The second-order valence-electron chi connectivity index (χ2n) is 4.90. The summed E-state index contributed by atoms with van der Waals surface area (Å²) < 4.78 is 16.0. The van der Waals surface area contributed by atoms with Crippen molar-refractivity contribution >= 4 is 16.7 Å². The van der Waals surface area contributed by atoms with Crippen LogP contribution in [-0.2, 0) is 17.4 Å². The number of rotatable bonds is 1. The summed E-state index contributed by atoms with van der Waals surface area (Å²) in [6.45, 7) is 5.81. The van der Waals surface area contributed by atoms with E-state index in [9.17, 15) is 4.21 Å². The third kappa shape index (κ3) is 2.21. The van der Waals surface area contributed by atoms with Crippen LogP contribution in [0.3, 0.4) is 0 Å². The fraction of sp³-hybridized carbons (Fsp3) is 0.500. The molecule has 1 aromatic rings. The Labute approximate surface area is 98.6 Å². The number of hydrogen-bond donors (Lipinski definition) is 0. The van der Waals surface area contributed by atoms with Gasteiger partial charge in [-0.25, -0.2) is 4.21 Å². The molecule has 1 atom stereocenters. The maximum atomic E-state index is 11.9. The van der Waals surface area contributed by atoms with Crippen molar-refractivity contribution in [1.29, 1.82) is 0 Å². The lowest BCUT2D eigenvalue weighted by molar-refractivity contribution is 0.650. The van der Waals surface area contributed by atoms with Gasteiger partial charge in [0.05, 0.1) is 10.5 Å². The summed E-state index contributed by atoms with van der Waals surface area (Å²) in [6.07, 6.45) is 3.56. The standard InChI is InChI=1S/C12H16N2OS/c1-12(2,3)16(15)14-11-7-6-10-9(11)5-4-8-13-10/h4-5,8H,6-7H2,1-3H3/b14-11+. The van der Waals surface area contributed by atoms with E-state index >= 15 is 0 Å². The number of aromatic nitrogens is 1. The number of pyridine rings is 1. The second kappa shape index (κ2) is 4.09. The first-order valence-electron chi connectivity index (χ1n) is 5.42. The van der Waals surface area contributed by atoms with Crippen LogP contribution in [0, 0.1) is 0 Å². The van der Waals surface area contributed by atoms with Crippen molar-refractivity contribution in [2.45, 2.75) is 38.4 Å². The predicted octanol–water partition coefficient (Wildman–Crippen LogP) is 2.28. The first kappa shape index (κ1) is 11.5. The van der Waals surface area contributed by atoms with E-state index in [0.29, 0.717) is 0 Å². The van der Waals surface area contributed by atoms with Crippen LogP contribution in [0.2, 0.25) is 0 Å². The molecule has 16 heavy (non-hydrogen) atoms. The highest BCUT2D eigenvalue weighted by molar-refractivity contribution is 7.85. The van der Waals surface area contributed by atoms with Crippen LogP contribution in [0.5, 0.6) is 0 Å². The van der Waals surface area contributed by atoms with Crippen LogP contribution < -0.4 is 0 Å². The van der Waals surface area contributed by atoms with Crippen LogP contribution >= 0.6 is 0 Å². The molecular weight excluding hydrogens is 220 g/mol. The molecule has 0 N–H and O–H groups in total. The molecule has 0 spiro atoms. The van der Waals surface area contributed by atoms with Gasteiger partial charge in [0.15, 0.2) is 0 Å². The molecule has 1 aliphatic rings. The molecule has 0 bridgehead atoms. The first-order chi connectivity index (χ1) is 7.48. The van der Waals surface area contributed by atoms with Crippen molar-refractivity contribution in [3.63, 3.8) is 0 Å². The molecule has 3 nitrogen and oxygen atoms in total. The van der Waals surface area contributed by atoms with Crippen molar-refractivity contribution < 1.29 is 4.21 Å². The van der Waals surface area contributed by atoms with E-state index in [2.05, 4.69) is 9.38 Å². The molecule has 1 aromatic heterocycles. The zero-order chi connectivity index (χ0) is 11.8. The van der Waals surface area contributed by atoms with Crippen LogP contribution in [0.25, 0.3) is 0 Å². The quantitative estimate of drug-likeness (QED) is 0.750. The maximum Gasteiger partial charge on any atom is 0.145 e. The molecule has 2 rings (SSSR count). The summed E-state index contributed by atoms with van der Waals surface area (Å²) in [5.41, 5.74) is 3.09. The molecule has 0 aliphatic heterocycles. The molecule has 86 valence electrons. The third-order valence-electron chi connectivity index (χ3n) is 2.52.